The predicted octanol–water partition coefficient (Wildman–Crippen LogP) is 4.79. The molecule has 0 bridgehead atoms. The number of hydrogen-bond donors (Lipinski definition) is 1. The van der Waals surface area contributed by atoms with Gasteiger partial charge in [-0.15, -0.1) is 0 Å². The Bertz CT molecular complexity index is 465. The van der Waals surface area contributed by atoms with Crippen LogP contribution in [0.2, 0.25) is 10.0 Å². The average molecular weight is 363 g/mol. The SMILES string of the molecule is CCCN(CCC)CCSCC(=O)Nc1cc(Cl)ccc1Cl. The molecule has 1 N–H and O–H groups in total. The minimum atomic E-state index is -0.0494. The topological polar surface area (TPSA) is 32.3 Å². The van der Waals surface area contributed by atoms with Crippen LogP contribution in [-0.4, -0.2) is 41.9 Å². The summed E-state index contributed by atoms with van der Waals surface area (Å²) in [5.74, 6) is 1.33. The fraction of sp³-hybridized carbons (Fsp3) is 0.562. The zero-order chi connectivity index (χ0) is 16.4. The van der Waals surface area contributed by atoms with Crippen molar-refractivity contribution in [1.29, 1.82) is 0 Å². The molecule has 0 aromatic heterocycles. The second kappa shape index (κ2) is 11.2. The van der Waals surface area contributed by atoms with Crippen molar-refractivity contribution in [2.45, 2.75) is 26.7 Å². The van der Waals surface area contributed by atoms with E-state index in [1.807, 2.05) is 0 Å². The van der Waals surface area contributed by atoms with Gasteiger partial charge in [0.25, 0.3) is 0 Å². The third-order valence-electron chi connectivity index (χ3n) is 3.07. The second-order valence-electron chi connectivity index (χ2n) is 5.07. The highest BCUT2D eigenvalue weighted by atomic mass is 35.5. The van der Waals surface area contributed by atoms with Gasteiger partial charge in [0.2, 0.25) is 5.91 Å². The van der Waals surface area contributed by atoms with Crippen LogP contribution >= 0.6 is 35.0 Å². The lowest BCUT2D eigenvalue weighted by Gasteiger charge is -2.20. The molecule has 0 saturated carbocycles. The first-order valence-corrected chi connectivity index (χ1v) is 9.52. The van der Waals surface area contributed by atoms with Gasteiger partial charge >= 0.3 is 0 Å². The molecule has 0 saturated heterocycles. The molecule has 6 heteroatoms. The third kappa shape index (κ3) is 7.73. The monoisotopic (exact) mass is 362 g/mol. The Kier molecular flexibility index (Phi) is 9.96. The number of nitrogens with one attached hydrogen (secondary N) is 1. The minimum Gasteiger partial charge on any atom is -0.324 e. The molecule has 0 aliphatic heterocycles. The molecule has 0 spiro atoms. The van der Waals surface area contributed by atoms with Gasteiger partial charge in [0.1, 0.15) is 0 Å². The predicted molar refractivity (Wildman–Crippen MR) is 99.4 cm³/mol. The van der Waals surface area contributed by atoms with E-state index in [0.29, 0.717) is 21.5 Å². The summed E-state index contributed by atoms with van der Waals surface area (Å²) in [6.07, 6.45) is 2.33. The molecule has 22 heavy (non-hydrogen) atoms. The van der Waals surface area contributed by atoms with Crippen molar-refractivity contribution in [2.75, 3.05) is 36.5 Å². The second-order valence-corrected chi connectivity index (χ2v) is 7.02. The summed E-state index contributed by atoms with van der Waals surface area (Å²) < 4.78 is 0. The molecular weight excluding hydrogens is 339 g/mol. The molecule has 3 nitrogen and oxygen atoms in total. The van der Waals surface area contributed by atoms with Crippen LogP contribution < -0.4 is 5.32 Å². The largest absolute Gasteiger partial charge is 0.324 e. The fourth-order valence-corrected chi connectivity index (χ4v) is 3.23. The highest BCUT2D eigenvalue weighted by Crippen LogP contribution is 2.25. The van der Waals surface area contributed by atoms with Gasteiger partial charge in [-0.1, -0.05) is 37.0 Å². The van der Waals surface area contributed by atoms with Crippen LogP contribution in [0.25, 0.3) is 0 Å². The Morgan fingerprint density at radius 2 is 1.86 bits per heavy atom. The molecule has 1 rings (SSSR count). The maximum Gasteiger partial charge on any atom is 0.234 e. The number of thioether (sulfide) groups is 1. The average Bonchev–Trinajstić information content (AvgIpc) is 2.48. The summed E-state index contributed by atoms with van der Waals surface area (Å²) in [6.45, 7) is 7.66. The summed E-state index contributed by atoms with van der Waals surface area (Å²) >= 11 is 13.6. The first-order valence-electron chi connectivity index (χ1n) is 7.61. The molecule has 0 unspecified atom stereocenters. The molecule has 0 aliphatic rings. The minimum absolute atomic E-state index is 0.0494. The lowest BCUT2D eigenvalue weighted by atomic mass is 10.3. The zero-order valence-corrected chi connectivity index (χ0v) is 15.5. The van der Waals surface area contributed by atoms with Crippen LogP contribution in [0.3, 0.4) is 0 Å². The molecule has 1 aromatic rings. The first-order chi connectivity index (χ1) is 10.6. The van der Waals surface area contributed by atoms with E-state index in [1.165, 1.54) is 12.8 Å². The maximum atomic E-state index is 11.9. The molecule has 1 amide bonds. The first kappa shape index (κ1) is 19.6. The molecule has 0 aliphatic carbocycles. The van der Waals surface area contributed by atoms with Gasteiger partial charge in [-0.2, -0.15) is 11.8 Å². The van der Waals surface area contributed by atoms with Gasteiger partial charge in [-0.05, 0) is 44.1 Å². The van der Waals surface area contributed by atoms with E-state index >= 15 is 0 Å². The normalized spacial score (nSPS) is 11.0. The van der Waals surface area contributed by atoms with E-state index in [-0.39, 0.29) is 5.91 Å². The summed E-state index contributed by atoms with van der Waals surface area (Å²) in [5, 5.41) is 3.86. The Labute approximate surface area is 147 Å². The zero-order valence-electron chi connectivity index (χ0n) is 13.2. The van der Waals surface area contributed by atoms with Crippen LogP contribution in [0.1, 0.15) is 26.7 Å². The van der Waals surface area contributed by atoms with E-state index in [4.69, 9.17) is 23.2 Å². The number of hydrogen-bond acceptors (Lipinski definition) is 3. The summed E-state index contributed by atoms with van der Waals surface area (Å²) in [5.41, 5.74) is 0.568. The van der Waals surface area contributed by atoms with Crippen molar-refractivity contribution in [2.24, 2.45) is 0 Å². The highest BCUT2D eigenvalue weighted by molar-refractivity contribution is 7.99. The van der Waals surface area contributed by atoms with E-state index < -0.39 is 0 Å². The van der Waals surface area contributed by atoms with Crippen LogP contribution in [0, 0.1) is 0 Å². The van der Waals surface area contributed by atoms with Crippen LogP contribution in [-0.2, 0) is 4.79 Å². The van der Waals surface area contributed by atoms with E-state index in [0.717, 1.165) is 25.4 Å². The van der Waals surface area contributed by atoms with Gasteiger partial charge < -0.3 is 10.2 Å². The van der Waals surface area contributed by atoms with Gasteiger partial charge in [-0.25, -0.2) is 0 Å². The van der Waals surface area contributed by atoms with Crippen molar-refractivity contribution < 1.29 is 4.79 Å². The molecular formula is C16H24Cl2N2OS. The van der Waals surface area contributed by atoms with Crippen molar-refractivity contribution in [3.05, 3.63) is 28.2 Å². The highest BCUT2D eigenvalue weighted by Gasteiger charge is 2.08. The number of nitrogens with zero attached hydrogens (tertiary/aromatic N) is 1. The summed E-state index contributed by atoms with van der Waals surface area (Å²) in [6, 6.07) is 5.04. The van der Waals surface area contributed by atoms with Crippen molar-refractivity contribution >= 4 is 46.6 Å². The van der Waals surface area contributed by atoms with Gasteiger partial charge in [0.15, 0.2) is 0 Å². The number of halogens is 2. The maximum absolute atomic E-state index is 11.9. The van der Waals surface area contributed by atoms with Crippen LogP contribution in [0.4, 0.5) is 5.69 Å². The molecule has 0 atom stereocenters. The van der Waals surface area contributed by atoms with Gasteiger partial charge in [-0.3, -0.25) is 4.79 Å². The number of rotatable bonds is 10. The Morgan fingerprint density at radius 1 is 1.18 bits per heavy atom. The smallest absolute Gasteiger partial charge is 0.234 e. The van der Waals surface area contributed by atoms with Gasteiger partial charge in [0, 0.05) is 17.3 Å². The number of anilines is 1. The summed E-state index contributed by atoms with van der Waals surface area (Å²) in [4.78, 5) is 14.4. The number of benzene rings is 1. The van der Waals surface area contributed by atoms with Gasteiger partial charge in [0.05, 0.1) is 16.5 Å². The standard InChI is InChI=1S/C16H24Cl2N2OS/c1-3-7-20(8-4-2)9-10-22-12-16(21)19-15-11-13(17)5-6-14(15)18/h5-6,11H,3-4,7-10,12H2,1-2H3,(H,19,21). The third-order valence-corrected chi connectivity index (χ3v) is 4.57. The lowest BCUT2D eigenvalue weighted by molar-refractivity contribution is -0.113. The fourth-order valence-electron chi connectivity index (χ4n) is 2.11. The number of carbonyl (C=O) groups excluding carboxylic acids is 1. The summed E-state index contributed by atoms with van der Waals surface area (Å²) in [7, 11) is 0. The Morgan fingerprint density at radius 3 is 2.50 bits per heavy atom. The molecule has 0 radical (unpaired) electrons. The van der Waals surface area contributed by atoms with E-state index in [9.17, 15) is 4.79 Å². The van der Waals surface area contributed by atoms with Crippen molar-refractivity contribution in [3.63, 3.8) is 0 Å². The van der Waals surface area contributed by atoms with E-state index in [2.05, 4.69) is 24.1 Å². The Balaban J connectivity index is 2.29. The molecule has 124 valence electrons. The van der Waals surface area contributed by atoms with Crippen LogP contribution in [0.5, 0.6) is 0 Å². The van der Waals surface area contributed by atoms with E-state index in [1.54, 1.807) is 30.0 Å². The van der Waals surface area contributed by atoms with Crippen molar-refractivity contribution in [3.8, 4) is 0 Å². The molecule has 0 heterocycles. The lowest BCUT2D eigenvalue weighted by Crippen LogP contribution is -2.28. The number of carbonyl (C=O) groups is 1. The molecule has 1 aromatic carbocycles. The van der Waals surface area contributed by atoms with Crippen LogP contribution in [0.15, 0.2) is 18.2 Å². The number of amides is 1. The van der Waals surface area contributed by atoms with Crippen molar-refractivity contribution in [1.82, 2.24) is 4.90 Å². The Hall–Kier alpha value is -0.420. The molecule has 0 fully saturated rings. The quantitative estimate of drug-likeness (QED) is 0.607.